The number of carboxylic acid groups (broad SMARTS) is 1. The minimum Gasteiger partial charge on any atom is -0.481 e. The van der Waals surface area contributed by atoms with Crippen LogP contribution in [0.1, 0.15) is 51.0 Å². The summed E-state index contributed by atoms with van der Waals surface area (Å²) in [5.74, 6) is 1.09. The third-order valence-electron chi connectivity index (χ3n) is 5.52. The highest BCUT2D eigenvalue weighted by molar-refractivity contribution is 6.01. The predicted molar refractivity (Wildman–Crippen MR) is 114 cm³/mol. The molecule has 2 aliphatic rings. The lowest BCUT2D eigenvalue weighted by atomic mass is 9.75. The van der Waals surface area contributed by atoms with Gasteiger partial charge in [-0.05, 0) is 18.4 Å². The first-order chi connectivity index (χ1) is 14.6. The fourth-order valence-electron chi connectivity index (χ4n) is 3.86. The number of aliphatic carboxylic acids is 1. The molecule has 1 fully saturated rings. The van der Waals surface area contributed by atoms with Gasteiger partial charge in [0.15, 0.2) is 0 Å². The van der Waals surface area contributed by atoms with Crippen molar-refractivity contribution in [3.63, 3.8) is 0 Å². The summed E-state index contributed by atoms with van der Waals surface area (Å²) >= 11 is 0. The van der Waals surface area contributed by atoms with E-state index in [2.05, 4.69) is 22.6 Å². The Morgan fingerprint density at radius 3 is 2.97 bits per heavy atom. The van der Waals surface area contributed by atoms with Crippen LogP contribution in [0.25, 0.3) is 0 Å². The number of hydrogen-bond acceptors (Lipinski definition) is 7. The molecule has 0 aromatic heterocycles. The fourth-order valence-corrected chi connectivity index (χ4v) is 3.86. The molecule has 0 bridgehead atoms. The number of piperidine rings is 1. The maximum atomic E-state index is 11.8. The molecule has 0 spiro atoms. The van der Waals surface area contributed by atoms with Crippen LogP contribution < -0.4 is 5.43 Å². The number of hydrogen-bond donors (Lipinski definition) is 2. The van der Waals surface area contributed by atoms with Crippen molar-refractivity contribution in [1.82, 2.24) is 10.3 Å². The first-order valence-corrected chi connectivity index (χ1v) is 10.3. The average Bonchev–Trinajstić information content (AvgIpc) is 3.24. The van der Waals surface area contributed by atoms with Gasteiger partial charge in [0.1, 0.15) is 11.6 Å². The topological polar surface area (TPSA) is 104 Å². The van der Waals surface area contributed by atoms with Crippen LogP contribution in [-0.2, 0) is 14.4 Å². The average molecular weight is 412 g/mol. The van der Waals surface area contributed by atoms with Gasteiger partial charge in [-0.3, -0.25) is 4.79 Å². The summed E-state index contributed by atoms with van der Waals surface area (Å²) < 4.78 is 0. The van der Waals surface area contributed by atoms with E-state index in [1.165, 1.54) is 0 Å². The van der Waals surface area contributed by atoms with Crippen LogP contribution in [0.15, 0.2) is 46.3 Å². The molecule has 0 aliphatic carbocycles. The fraction of sp³-hybridized carbons (Fsp3) is 0.500. The maximum Gasteiger partial charge on any atom is 0.304 e. The van der Waals surface area contributed by atoms with Gasteiger partial charge < -0.3 is 20.3 Å². The third-order valence-corrected chi connectivity index (χ3v) is 5.52. The normalized spacial score (nSPS) is 23.8. The van der Waals surface area contributed by atoms with E-state index in [0.29, 0.717) is 25.1 Å². The highest BCUT2D eigenvalue weighted by atomic mass is 16.7. The van der Waals surface area contributed by atoms with E-state index in [9.17, 15) is 14.7 Å². The third kappa shape index (κ3) is 5.27. The Morgan fingerprint density at radius 1 is 1.47 bits per heavy atom. The van der Waals surface area contributed by atoms with Gasteiger partial charge in [0.05, 0.1) is 18.6 Å². The summed E-state index contributed by atoms with van der Waals surface area (Å²) in [7, 11) is 0. The van der Waals surface area contributed by atoms with Gasteiger partial charge in [-0.15, -0.1) is 0 Å². The molecule has 8 nitrogen and oxygen atoms in total. The summed E-state index contributed by atoms with van der Waals surface area (Å²) in [6, 6.07) is 9.76. The summed E-state index contributed by atoms with van der Waals surface area (Å²) in [5.41, 5.74) is 4.45. The lowest BCUT2D eigenvalue weighted by molar-refractivity contribution is -0.139. The van der Waals surface area contributed by atoms with Gasteiger partial charge in [-0.2, -0.15) is 5.10 Å². The Labute approximate surface area is 176 Å². The van der Waals surface area contributed by atoms with Crippen molar-refractivity contribution < 1.29 is 19.5 Å². The van der Waals surface area contributed by atoms with Crippen molar-refractivity contribution in [2.24, 2.45) is 15.7 Å². The SMILES string of the molecule is CCCCNN=CC1(CC(=O)O)CCN(C2CC(c3ccccc3)=NO2)C(=C=O)C1. The molecule has 1 saturated heterocycles. The van der Waals surface area contributed by atoms with Gasteiger partial charge in [0.25, 0.3) is 0 Å². The molecule has 8 heteroatoms. The molecule has 2 atom stereocenters. The smallest absolute Gasteiger partial charge is 0.304 e. The van der Waals surface area contributed by atoms with Gasteiger partial charge in [0, 0.05) is 31.1 Å². The van der Waals surface area contributed by atoms with Crippen LogP contribution in [0, 0.1) is 5.41 Å². The lowest BCUT2D eigenvalue weighted by Crippen LogP contribution is -2.45. The van der Waals surface area contributed by atoms with E-state index >= 15 is 0 Å². The number of allylic oxidation sites excluding steroid dienone is 1. The number of oxime groups is 1. The highest BCUT2D eigenvalue weighted by Crippen LogP contribution is 2.39. The number of nitrogens with one attached hydrogen (secondary N) is 1. The molecule has 30 heavy (non-hydrogen) atoms. The zero-order valence-corrected chi connectivity index (χ0v) is 17.2. The molecule has 2 unspecified atom stereocenters. The molecule has 1 aromatic carbocycles. The second kappa shape index (κ2) is 10.1. The van der Waals surface area contributed by atoms with Gasteiger partial charge in [0.2, 0.25) is 6.23 Å². The van der Waals surface area contributed by atoms with Crippen LogP contribution in [0.5, 0.6) is 0 Å². The number of likely N-dealkylation sites (tertiary alicyclic amines) is 1. The predicted octanol–water partition coefficient (Wildman–Crippen LogP) is 2.79. The first kappa shape index (κ1) is 21.6. The minimum absolute atomic E-state index is 0.0950. The lowest BCUT2D eigenvalue weighted by Gasteiger charge is -2.41. The van der Waals surface area contributed by atoms with Crippen LogP contribution in [0.4, 0.5) is 0 Å². The second-order valence-corrected chi connectivity index (χ2v) is 7.79. The minimum atomic E-state index is -0.916. The highest BCUT2D eigenvalue weighted by Gasteiger charge is 2.42. The summed E-state index contributed by atoms with van der Waals surface area (Å²) in [5, 5.41) is 17.9. The molecule has 2 N–H and O–H groups in total. The summed E-state index contributed by atoms with van der Waals surface area (Å²) in [6.07, 6.45) is 4.55. The van der Waals surface area contributed by atoms with Gasteiger partial charge in [-0.1, -0.05) is 48.8 Å². The van der Waals surface area contributed by atoms with Crippen LogP contribution in [0.2, 0.25) is 0 Å². The number of carboxylic acids is 1. The summed E-state index contributed by atoms with van der Waals surface area (Å²) in [4.78, 5) is 30.7. The van der Waals surface area contributed by atoms with Crippen LogP contribution in [0.3, 0.4) is 0 Å². The van der Waals surface area contributed by atoms with E-state index in [1.54, 1.807) is 6.21 Å². The molecule has 2 aliphatic heterocycles. The number of carbonyl (C=O) groups excluding carboxylic acids is 1. The monoisotopic (exact) mass is 412 g/mol. The van der Waals surface area contributed by atoms with Crippen LogP contribution >= 0.6 is 0 Å². The molecule has 0 saturated carbocycles. The molecule has 160 valence electrons. The van der Waals surface area contributed by atoms with Crippen molar-refractivity contribution in [3.05, 3.63) is 41.6 Å². The molecule has 0 amide bonds. The van der Waals surface area contributed by atoms with Crippen molar-refractivity contribution in [2.45, 2.75) is 51.7 Å². The number of nitrogens with zero attached hydrogens (tertiary/aromatic N) is 3. The molecular weight excluding hydrogens is 384 g/mol. The summed E-state index contributed by atoms with van der Waals surface area (Å²) in [6.45, 7) is 3.29. The number of rotatable bonds is 9. The molecule has 1 aromatic rings. The van der Waals surface area contributed by atoms with E-state index in [-0.39, 0.29) is 19.1 Å². The number of hydrazone groups is 1. The number of benzene rings is 1. The molecule has 0 radical (unpaired) electrons. The van der Waals surface area contributed by atoms with Crippen molar-refractivity contribution in [2.75, 3.05) is 13.1 Å². The van der Waals surface area contributed by atoms with Crippen molar-refractivity contribution in [3.8, 4) is 0 Å². The first-order valence-electron chi connectivity index (χ1n) is 10.3. The van der Waals surface area contributed by atoms with Gasteiger partial charge in [-0.25, -0.2) is 4.79 Å². The maximum absolute atomic E-state index is 11.8. The largest absolute Gasteiger partial charge is 0.481 e. The Bertz CT molecular complexity index is 848. The standard InChI is InChI=1S/C22H28N4O4/c1-2-3-10-23-24-16-22(14-21(28)29)9-11-26(18(13-22)15-27)20-12-19(25-30-20)17-7-5-4-6-8-17/h4-8,16,20,23H,2-3,9-14H2,1H3,(H,28,29). The Morgan fingerprint density at radius 2 is 2.27 bits per heavy atom. The molecular formula is C22H28N4O4. The van der Waals surface area contributed by atoms with E-state index in [0.717, 1.165) is 30.7 Å². The van der Waals surface area contributed by atoms with Crippen molar-refractivity contribution >= 4 is 23.8 Å². The van der Waals surface area contributed by atoms with E-state index in [1.807, 2.05) is 41.2 Å². The van der Waals surface area contributed by atoms with E-state index < -0.39 is 11.4 Å². The molecule has 3 rings (SSSR count). The number of carbonyl (C=O) groups is 1. The Hall–Kier alpha value is -3.12. The zero-order valence-electron chi connectivity index (χ0n) is 17.2. The van der Waals surface area contributed by atoms with Crippen molar-refractivity contribution in [1.29, 1.82) is 0 Å². The second-order valence-electron chi connectivity index (χ2n) is 7.79. The Kier molecular flexibility index (Phi) is 7.25. The molecule has 2 heterocycles. The van der Waals surface area contributed by atoms with E-state index in [4.69, 9.17) is 4.84 Å². The zero-order chi connectivity index (χ0) is 21.4. The van der Waals surface area contributed by atoms with Gasteiger partial charge >= 0.3 is 5.97 Å². The van der Waals surface area contributed by atoms with Crippen LogP contribution in [-0.4, -0.2) is 53.2 Å². The quantitative estimate of drug-likeness (QED) is 0.280. The Balaban J connectivity index is 1.68. The number of unbranched alkanes of at least 4 members (excludes halogenated alkanes) is 1.